The second-order valence-electron chi connectivity index (χ2n) is 2.36. The van der Waals surface area contributed by atoms with Crippen molar-refractivity contribution in [1.29, 1.82) is 5.26 Å². The summed E-state index contributed by atoms with van der Waals surface area (Å²) in [4.78, 5) is 0. The minimum absolute atomic E-state index is 0.169. The van der Waals surface area contributed by atoms with Crippen LogP contribution in [0.4, 0.5) is 0 Å². The molecule has 0 aliphatic heterocycles. The highest BCUT2D eigenvalue weighted by Crippen LogP contribution is 2.12. The summed E-state index contributed by atoms with van der Waals surface area (Å²) in [6, 6.07) is 8.80. The fourth-order valence-electron chi connectivity index (χ4n) is 0.927. The Labute approximate surface area is 87.4 Å². The summed E-state index contributed by atoms with van der Waals surface area (Å²) in [5.41, 5.74) is 0.824. The van der Waals surface area contributed by atoms with Gasteiger partial charge in [-0.15, -0.1) is 0 Å². The Kier molecular flexibility index (Phi) is 3.83. The fourth-order valence-corrected chi connectivity index (χ4v) is 1.01. The molecule has 0 amide bonds. The van der Waals surface area contributed by atoms with Gasteiger partial charge < -0.3 is 9.02 Å². The maximum Gasteiger partial charge on any atom is 0.188 e. The SMILES string of the molecule is COc1ccc(/C(C#N)=N/OS)cc1. The Hall–Kier alpha value is -1.67. The molecule has 0 N–H and O–H groups in total. The summed E-state index contributed by atoms with van der Waals surface area (Å²) in [6.45, 7) is 0. The molecule has 0 bridgehead atoms. The van der Waals surface area contributed by atoms with Gasteiger partial charge in [0, 0.05) is 5.56 Å². The van der Waals surface area contributed by atoms with Crippen molar-refractivity contribution < 1.29 is 9.02 Å². The van der Waals surface area contributed by atoms with Crippen LogP contribution in [-0.2, 0) is 4.28 Å². The first-order chi connectivity index (χ1) is 6.81. The van der Waals surface area contributed by atoms with Crippen molar-refractivity contribution in [3.8, 4) is 11.8 Å². The number of thiol groups is 1. The number of oxime groups is 1. The largest absolute Gasteiger partial charge is 0.497 e. The quantitative estimate of drug-likeness (QED) is 0.356. The molecule has 0 aliphatic rings. The number of hydrogen-bond donors (Lipinski definition) is 1. The lowest BCUT2D eigenvalue weighted by Crippen LogP contribution is -1.96. The molecule has 4 nitrogen and oxygen atoms in total. The molecule has 1 aromatic carbocycles. The van der Waals surface area contributed by atoms with Gasteiger partial charge in [0.05, 0.1) is 20.0 Å². The average molecular weight is 208 g/mol. The van der Waals surface area contributed by atoms with E-state index in [1.807, 2.05) is 6.07 Å². The first kappa shape index (κ1) is 10.4. The summed E-state index contributed by atoms with van der Waals surface area (Å²) in [5.74, 6) is 0.720. The Bertz CT molecular complexity index is 367. The van der Waals surface area contributed by atoms with E-state index in [0.717, 1.165) is 5.75 Å². The molecule has 14 heavy (non-hydrogen) atoms. The highest BCUT2D eigenvalue weighted by atomic mass is 32.1. The van der Waals surface area contributed by atoms with Gasteiger partial charge in [-0.25, -0.2) is 0 Å². The van der Waals surface area contributed by atoms with Gasteiger partial charge in [-0.1, -0.05) is 5.16 Å². The molecule has 0 atom stereocenters. The summed E-state index contributed by atoms with van der Waals surface area (Å²) >= 11 is 3.44. The second kappa shape index (κ2) is 5.14. The molecular formula is C9H8N2O2S. The molecule has 0 aliphatic carbocycles. The zero-order valence-corrected chi connectivity index (χ0v) is 8.36. The molecular weight excluding hydrogens is 200 g/mol. The van der Waals surface area contributed by atoms with Gasteiger partial charge >= 0.3 is 0 Å². The number of methoxy groups -OCH3 is 1. The van der Waals surface area contributed by atoms with Crippen LogP contribution in [0, 0.1) is 11.3 Å². The van der Waals surface area contributed by atoms with E-state index in [4.69, 9.17) is 10.00 Å². The topological polar surface area (TPSA) is 54.6 Å². The lowest BCUT2D eigenvalue weighted by molar-refractivity contribution is 0.413. The van der Waals surface area contributed by atoms with Crippen LogP contribution in [0.15, 0.2) is 29.4 Å². The molecule has 72 valence electrons. The maximum absolute atomic E-state index is 8.71. The molecule has 5 heteroatoms. The van der Waals surface area contributed by atoms with Crippen LogP contribution in [0.25, 0.3) is 0 Å². The van der Waals surface area contributed by atoms with Gasteiger partial charge in [0.15, 0.2) is 5.71 Å². The molecule has 1 rings (SSSR count). The van der Waals surface area contributed by atoms with Crippen molar-refractivity contribution in [3.05, 3.63) is 29.8 Å². The van der Waals surface area contributed by atoms with E-state index in [1.54, 1.807) is 31.4 Å². The Balaban J connectivity index is 2.97. The lowest BCUT2D eigenvalue weighted by Gasteiger charge is -2.00. The van der Waals surface area contributed by atoms with E-state index in [1.165, 1.54) is 0 Å². The summed E-state index contributed by atoms with van der Waals surface area (Å²) in [5, 5.41) is 12.2. The van der Waals surface area contributed by atoms with Crippen LogP contribution < -0.4 is 4.74 Å². The van der Waals surface area contributed by atoms with E-state index in [9.17, 15) is 0 Å². The van der Waals surface area contributed by atoms with Crippen molar-refractivity contribution in [3.63, 3.8) is 0 Å². The molecule has 0 aromatic heterocycles. The van der Waals surface area contributed by atoms with Gasteiger partial charge in [0.25, 0.3) is 0 Å². The van der Waals surface area contributed by atoms with E-state index >= 15 is 0 Å². The predicted octanol–water partition coefficient (Wildman–Crippen LogP) is 1.78. The van der Waals surface area contributed by atoms with Crippen molar-refractivity contribution in [1.82, 2.24) is 0 Å². The third-order valence-corrected chi connectivity index (χ3v) is 1.68. The van der Waals surface area contributed by atoms with Gasteiger partial charge in [-0.05, 0) is 24.3 Å². The van der Waals surface area contributed by atoms with Crippen molar-refractivity contribution in [2.24, 2.45) is 5.16 Å². The number of benzene rings is 1. The maximum atomic E-state index is 8.71. The standard InChI is InChI=1S/C9H8N2O2S/c1-12-8-4-2-7(3-5-8)9(6-10)11-13-14/h2-5,14H,1H3/b11-9+. The van der Waals surface area contributed by atoms with Gasteiger partial charge in [-0.2, -0.15) is 5.26 Å². The highest BCUT2D eigenvalue weighted by molar-refractivity contribution is 7.75. The van der Waals surface area contributed by atoms with Crippen LogP contribution in [0.1, 0.15) is 5.56 Å². The molecule has 0 fully saturated rings. The first-order valence-corrected chi connectivity index (χ1v) is 4.11. The zero-order chi connectivity index (χ0) is 10.4. The van der Waals surface area contributed by atoms with Crippen LogP contribution in [0.5, 0.6) is 5.75 Å². The van der Waals surface area contributed by atoms with Crippen molar-refractivity contribution in [2.75, 3.05) is 7.11 Å². The van der Waals surface area contributed by atoms with Gasteiger partial charge in [-0.3, -0.25) is 0 Å². The van der Waals surface area contributed by atoms with E-state index < -0.39 is 0 Å². The van der Waals surface area contributed by atoms with Crippen LogP contribution in [0.2, 0.25) is 0 Å². The summed E-state index contributed by atoms with van der Waals surface area (Å²) in [7, 11) is 1.57. The zero-order valence-electron chi connectivity index (χ0n) is 7.47. The molecule has 0 heterocycles. The third kappa shape index (κ3) is 2.41. The minimum atomic E-state index is 0.169. The van der Waals surface area contributed by atoms with Crippen molar-refractivity contribution in [2.45, 2.75) is 0 Å². The Morgan fingerprint density at radius 1 is 1.43 bits per heavy atom. The average Bonchev–Trinajstić information content (AvgIpc) is 2.26. The fraction of sp³-hybridized carbons (Fsp3) is 0.111. The van der Waals surface area contributed by atoms with E-state index in [-0.39, 0.29) is 5.71 Å². The number of rotatable bonds is 3. The summed E-state index contributed by atoms with van der Waals surface area (Å²) in [6.07, 6.45) is 0. The monoisotopic (exact) mass is 208 g/mol. The minimum Gasteiger partial charge on any atom is -0.497 e. The number of hydrogen-bond acceptors (Lipinski definition) is 5. The molecule has 0 radical (unpaired) electrons. The molecule has 0 spiro atoms. The Morgan fingerprint density at radius 2 is 2.07 bits per heavy atom. The number of nitriles is 1. The number of nitrogens with zero attached hydrogens (tertiary/aromatic N) is 2. The molecule has 0 saturated heterocycles. The van der Waals surface area contributed by atoms with E-state index in [2.05, 4.69) is 22.3 Å². The lowest BCUT2D eigenvalue weighted by atomic mass is 10.1. The molecule has 1 aromatic rings. The number of ether oxygens (including phenoxy) is 1. The molecule has 0 saturated carbocycles. The van der Waals surface area contributed by atoms with Crippen LogP contribution in [0.3, 0.4) is 0 Å². The molecule has 0 unspecified atom stereocenters. The van der Waals surface area contributed by atoms with Gasteiger partial charge in [0.1, 0.15) is 11.8 Å². The summed E-state index contributed by atoms with van der Waals surface area (Å²) < 4.78 is 9.21. The smallest absolute Gasteiger partial charge is 0.188 e. The van der Waals surface area contributed by atoms with Crippen molar-refractivity contribution >= 4 is 18.6 Å². The van der Waals surface area contributed by atoms with Crippen LogP contribution >= 0.6 is 12.9 Å². The second-order valence-corrected chi connectivity index (χ2v) is 2.53. The van der Waals surface area contributed by atoms with Gasteiger partial charge in [0.2, 0.25) is 0 Å². The van der Waals surface area contributed by atoms with E-state index in [0.29, 0.717) is 5.56 Å². The Morgan fingerprint density at radius 3 is 2.50 bits per heavy atom. The van der Waals surface area contributed by atoms with Crippen LogP contribution in [-0.4, -0.2) is 12.8 Å². The normalized spacial score (nSPS) is 10.5. The highest BCUT2D eigenvalue weighted by Gasteiger charge is 2.02. The predicted molar refractivity (Wildman–Crippen MR) is 55.2 cm³/mol. The third-order valence-electron chi connectivity index (χ3n) is 1.60. The first-order valence-electron chi connectivity index (χ1n) is 3.75.